The van der Waals surface area contributed by atoms with E-state index in [1.165, 1.54) is 6.42 Å². The summed E-state index contributed by atoms with van der Waals surface area (Å²) in [5, 5.41) is 9.85. The van der Waals surface area contributed by atoms with Crippen LogP contribution >= 0.6 is 0 Å². The lowest BCUT2D eigenvalue weighted by molar-refractivity contribution is 0.0982. The van der Waals surface area contributed by atoms with Crippen molar-refractivity contribution in [3.05, 3.63) is 23.8 Å². The minimum atomic E-state index is 0.190. The second-order valence-electron chi connectivity index (χ2n) is 6.31. The van der Waals surface area contributed by atoms with E-state index in [1.807, 2.05) is 19.1 Å². The minimum Gasteiger partial charge on any atom is -0.504 e. The number of hydrogen-bond acceptors (Lipinski definition) is 4. The van der Waals surface area contributed by atoms with Crippen molar-refractivity contribution in [2.45, 2.75) is 33.2 Å². The molecule has 0 aromatic heterocycles. The van der Waals surface area contributed by atoms with Gasteiger partial charge in [-0.25, -0.2) is 0 Å². The highest BCUT2D eigenvalue weighted by molar-refractivity contribution is 5.43. The molecule has 1 fully saturated rings. The van der Waals surface area contributed by atoms with Crippen LogP contribution in [0.2, 0.25) is 0 Å². The highest BCUT2D eigenvalue weighted by Crippen LogP contribution is 2.33. The summed E-state index contributed by atoms with van der Waals surface area (Å²) in [6, 6.07) is 5.79. The number of rotatable bonds is 5. The van der Waals surface area contributed by atoms with Crippen molar-refractivity contribution < 1.29 is 9.84 Å². The summed E-state index contributed by atoms with van der Waals surface area (Å²) in [5.74, 6) is 2.14. The number of nitrogens with two attached hydrogens (primary N) is 1. The number of likely N-dealkylation sites (tertiary alicyclic amines) is 1. The van der Waals surface area contributed by atoms with Crippen molar-refractivity contribution in [3.63, 3.8) is 0 Å². The van der Waals surface area contributed by atoms with Crippen molar-refractivity contribution in [1.29, 1.82) is 0 Å². The van der Waals surface area contributed by atoms with Crippen molar-refractivity contribution >= 4 is 0 Å². The van der Waals surface area contributed by atoms with Crippen LogP contribution in [-0.2, 0) is 0 Å². The summed E-state index contributed by atoms with van der Waals surface area (Å²) in [4.78, 5) is 2.47. The number of hydrogen-bond donors (Lipinski definition) is 2. The monoisotopic (exact) mass is 292 g/mol. The number of piperidine rings is 1. The standard InChI is InChI=1S/C17H28N2O2/c1-4-21-17-8-14(5-6-16(17)20)15(9-18)19-10-12(2)7-13(3)11-19/h5-6,8,12-13,15,20H,4,7,9-11,18H2,1-3H3. The molecular weight excluding hydrogens is 264 g/mol. The fourth-order valence-electron chi connectivity index (χ4n) is 3.47. The van der Waals surface area contributed by atoms with Crippen LogP contribution in [0, 0.1) is 11.8 Å². The van der Waals surface area contributed by atoms with Crippen LogP contribution in [0.3, 0.4) is 0 Å². The molecule has 118 valence electrons. The van der Waals surface area contributed by atoms with Crippen LogP contribution in [0.4, 0.5) is 0 Å². The van der Waals surface area contributed by atoms with Gasteiger partial charge in [0.2, 0.25) is 0 Å². The Hall–Kier alpha value is -1.26. The van der Waals surface area contributed by atoms with Crippen LogP contribution in [0.5, 0.6) is 11.5 Å². The second-order valence-corrected chi connectivity index (χ2v) is 6.31. The quantitative estimate of drug-likeness (QED) is 0.876. The molecule has 3 unspecified atom stereocenters. The number of nitrogens with zero attached hydrogens (tertiary/aromatic N) is 1. The first-order valence-electron chi connectivity index (χ1n) is 7.95. The molecule has 4 nitrogen and oxygen atoms in total. The first kappa shape index (κ1) is 16.1. The molecule has 0 aliphatic carbocycles. The van der Waals surface area contributed by atoms with Crippen molar-refractivity contribution in [2.75, 3.05) is 26.2 Å². The van der Waals surface area contributed by atoms with E-state index in [1.54, 1.807) is 6.07 Å². The van der Waals surface area contributed by atoms with Gasteiger partial charge in [-0.3, -0.25) is 4.90 Å². The van der Waals surface area contributed by atoms with E-state index in [4.69, 9.17) is 10.5 Å². The van der Waals surface area contributed by atoms with E-state index >= 15 is 0 Å². The average molecular weight is 292 g/mol. The maximum absolute atomic E-state index is 9.85. The normalized spacial score (nSPS) is 24.8. The molecule has 2 rings (SSSR count). The van der Waals surface area contributed by atoms with Crippen LogP contribution in [-0.4, -0.2) is 36.2 Å². The summed E-state index contributed by atoms with van der Waals surface area (Å²) in [7, 11) is 0. The summed E-state index contributed by atoms with van der Waals surface area (Å²) < 4.78 is 5.49. The SMILES string of the molecule is CCOc1cc(C(CN)N2CC(C)CC(C)C2)ccc1O. The summed E-state index contributed by atoms with van der Waals surface area (Å²) >= 11 is 0. The van der Waals surface area contributed by atoms with Crippen molar-refractivity contribution in [2.24, 2.45) is 17.6 Å². The van der Waals surface area contributed by atoms with Gasteiger partial charge >= 0.3 is 0 Å². The van der Waals surface area contributed by atoms with Gasteiger partial charge in [0.1, 0.15) is 0 Å². The lowest BCUT2D eigenvalue weighted by atomic mass is 9.89. The van der Waals surface area contributed by atoms with E-state index in [0.29, 0.717) is 30.7 Å². The molecule has 0 amide bonds. The third-order valence-electron chi connectivity index (χ3n) is 4.23. The molecule has 0 spiro atoms. The van der Waals surface area contributed by atoms with E-state index < -0.39 is 0 Å². The Morgan fingerprint density at radius 1 is 1.33 bits per heavy atom. The van der Waals surface area contributed by atoms with E-state index in [2.05, 4.69) is 18.7 Å². The van der Waals surface area contributed by atoms with Gasteiger partial charge in [-0.2, -0.15) is 0 Å². The molecule has 21 heavy (non-hydrogen) atoms. The third-order valence-corrected chi connectivity index (χ3v) is 4.23. The van der Waals surface area contributed by atoms with Gasteiger partial charge in [-0.1, -0.05) is 19.9 Å². The zero-order valence-electron chi connectivity index (χ0n) is 13.4. The van der Waals surface area contributed by atoms with Gasteiger partial charge in [-0.15, -0.1) is 0 Å². The molecule has 1 aliphatic heterocycles. The number of benzene rings is 1. The van der Waals surface area contributed by atoms with Crippen LogP contribution < -0.4 is 10.5 Å². The Morgan fingerprint density at radius 3 is 2.57 bits per heavy atom. The van der Waals surface area contributed by atoms with Gasteiger partial charge in [0.05, 0.1) is 6.61 Å². The number of aromatic hydroxyl groups is 1. The first-order valence-corrected chi connectivity index (χ1v) is 7.95. The predicted octanol–water partition coefficient (Wildman–Crippen LogP) is 2.77. The van der Waals surface area contributed by atoms with Gasteiger partial charge in [0.15, 0.2) is 11.5 Å². The van der Waals surface area contributed by atoms with Gasteiger partial charge < -0.3 is 15.6 Å². The third kappa shape index (κ3) is 3.89. The van der Waals surface area contributed by atoms with Crippen molar-refractivity contribution in [3.8, 4) is 11.5 Å². The van der Waals surface area contributed by atoms with Crippen LogP contribution in [0.15, 0.2) is 18.2 Å². The highest BCUT2D eigenvalue weighted by Gasteiger charge is 2.28. The van der Waals surface area contributed by atoms with Gasteiger partial charge in [0, 0.05) is 25.7 Å². The fraction of sp³-hybridized carbons (Fsp3) is 0.647. The average Bonchev–Trinajstić information content (AvgIpc) is 2.42. The smallest absolute Gasteiger partial charge is 0.161 e. The maximum Gasteiger partial charge on any atom is 0.161 e. The molecule has 0 bridgehead atoms. The molecule has 0 radical (unpaired) electrons. The molecule has 1 heterocycles. The molecule has 1 aromatic carbocycles. The maximum atomic E-state index is 9.85. The fourth-order valence-corrected chi connectivity index (χ4v) is 3.47. The Kier molecular flexibility index (Phi) is 5.48. The summed E-state index contributed by atoms with van der Waals surface area (Å²) in [5.41, 5.74) is 7.17. The number of ether oxygens (including phenoxy) is 1. The van der Waals surface area contributed by atoms with Crippen LogP contribution in [0.25, 0.3) is 0 Å². The minimum absolute atomic E-state index is 0.190. The molecule has 1 aliphatic rings. The predicted molar refractivity (Wildman–Crippen MR) is 85.6 cm³/mol. The van der Waals surface area contributed by atoms with Crippen molar-refractivity contribution in [1.82, 2.24) is 4.90 Å². The molecule has 1 saturated heterocycles. The zero-order valence-corrected chi connectivity index (χ0v) is 13.4. The first-order chi connectivity index (χ1) is 10.0. The largest absolute Gasteiger partial charge is 0.504 e. The zero-order chi connectivity index (χ0) is 15.4. The lowest BCUT2D eigenvalue weighted by Crippen LogP contribution is -2.43. The van der Waals surface area contributed by atoms with Crippen LogP contribution in [0.1, 0.15) is 38.8 Å². The Morgan fingerprint density at radius 2 is 2.00 bits per heavy atom. The number of phenols is 1. The second kappa shape index (κ2) is 7.14. The Bertz CT molecular complexity index is 454. The summed E-state index contributed by atoms with van der Waals surface area (Å²) in [6.07, 6.45) is 1.29. The van der Waals surface area contributed by atoms with Gasteiger partial charge in [-0.05, 0) is 42.9 Å². The molecule has 3 N–H and O–H groups in total. The van der Waals surface area contributed by atoms with E-state index in [-0.39, 0.29) is 11.8 Å². The van der Waals surface area contributed by atoms with Gasteiger partial charge in [0.25, 0.3) is 0 Å². The Balaban J connectivity index is 2.22. The molecule has 1 aromatic rings. The lowest BCUT2D eigenvalue weighted by Gasteiger charge is -2.40. The topological polar surface area (TPSA) is 58.7 Å². The Labute approximate surface area is 127 Å². The van der Waals surface area contributed by atoms with E-state index in [0.717, 1.165) is 18.7 Å². The molecular formula is C17H28N2O2. The molecule has 3 atom stereocenters. The summed E-state index contributed by atoms with van der Waals surface area (Å²) in [6.45, 7) is 9.81. The van der Waals surface area contributed by atoms with E-state index in [9.17, 15) is 5.11 Å². The number of phenolic OH excluding ortho intramolecular Hbond substituents is 1. The molecule has 4 heteroatoms. The highest BCUT2D eigenvalue weighted by atomic mass is 16.5. The molecule has 0 saturated carbocycles.